The summed E-state index contributed by atoms with van der Waals surface area (Å²) >= 11 is 0. The SMILES string of the molecule is COCCn1cccc1C(=O)N1CCNC[C@H]1C. The molecule has 1 saturated heterocycles. The van der Waals surface area contributed by atoms with Crippen molar-refractivity contribution >= 4 is 5.91 Å². The van der Waals surface area contributed by atoms with Gasteiger partial charge in [-0.05, 0) is 19.1 Å². The van der Waals surface area contributed by atoms with E-state index in [-0.39, 0.29) is 11.9 Å². The average molecular weight is 251 g/mol. The molecule has 5 heteroatoms. The van der Waals surface area contributed by atoms with Gasteiger partial charge in [-0.1, -0.05) is 0 Å². The third-order valence-corrected chi connectivity index (χ3v) is 3.35. The Bertz CT molecular complexity index is 403. The number of piperazine rings is 1. The van der Waals surface area contributed by atoms with E-state index in [0.29, 0.717) is 13.2 Å². The molecule has 0 radical (unpaired) electrons. The highest BCUT2D eigenvalue weighted by atomic mass is 16.5. The summed E-state index contributed by atoms with van der Waals surface area (Å²) in [4.78, 5) is 14.4. The van der Waals surface area contributed by atoms with Crippen LogP contribution >= 0.6 is 0 Å². The van der Waals surface area contributed by atoms with Gasteiger partial charge in [-0.15, -0.1) is 0 Å². The number of rotatable bonds is 4. The second kappa shape index (κ2) is 6.02. The summed E-state index contributed by atoms with van der Waals surface area (Å²) in [5, 5.41) is 3.29. The molecule has 0 spiro atoms. The highest BCUT2D eigenvalue weighted by Crippen LogP contribution is 2.11. The van der Waals surface area contributed by atoms with E-state index in [1.54, 1.807) is 7.11 Å². The normalized spacial score (nSPS) is 20.1. The van der Waals surface area contributed by atoms with Gasteiger partial charge in [0, 0.05) is 45.5 Å². The second-order valence-corrected chi connectivity index (χ2v) is 4.63. The quantitative estimate of drug-likeness (QED) is 0.851. The monoisotopic (exact) mass is 251 g/mol. The van der Waals surface area contributed by atoms with Gasteiger partial charge in [-0.3, -0.25) is 4.79 Å². The van der Waals surface area contributed by atoms with E-state index in [4.69, 9.17) is 4.74 Å². The zero-order valence-electron chi connectivity index (χ0n) is 11.1. The van der Waals surface area contributed by atoms with Crippen LogP contribution in [-0.2, 0) is 11.3 Å². The molecule has 2 heterocycles. The molecular weight excluding hydrogens is 230 g/mol. The van der Waals surface area contributed by atoms with Crippen LogP contribution in [0.15, 0.2) is 18.3 Å². The lowest BCUT2D eigenvalue weighted by molar-refractivity contribution is 0.0642. The smallest absolute Gasteiger partial charge is 0.270 e. The first-order valence-electron chi connectivity index (χ1n) is 6.40. The summed E-state index contributed by atoms with van der Waals surface area (Å²) in [6, 6.07) is 4.04. The molecule has 1 aliphatic rings. The Hall–Kier alpha value is -1.33. The Balaban J connectivity index is 2.10. The minimum atomic E-state index is 0.116. The molecule has 2 rings (SSSR count). The summed E-state index contributed by atoms with van der Waals surface area (Å²) in [6.07, 6.45) is 1.93. The van der Waals surface area contributed by atoms with Crippen LogP contribution in [-0.4, -0.2) is 54.8 Å². The Kier molecular flexibility index (Phi) is 4.38. The lowest BCUT2D eigenvalue weighted by Crippen LogP contribution is -2.52. The minimum absolute atomic E-state index is 0.116. The van der Waals surface area contributed by atoms with Crippen molar-refractivity contribution in [2.45, 2.75) is 19.5 Å². The van der Waals surface area contributed by atoms with Crippen molar-refractivity contribution < 1.29 is 9.53 Å². The zero-order valence-corrected chi connectivity index (χ0v) is 11.1. The molecule has 0 aromatic carbocycles. The topological polar surface area (TPSA) is 46.5 Å². The van der Waals surface area contributed by atoms with Crippen LogP contribution < -0.4 is 5.32 Å². The van der Waals surface area contributed by atoms with Crippen LogP contribution in [0.3, 0.4) is 0 Å². The second-order valence-electron chi connectivity index (χ2n) is 4.63. The van der Waals surface area contributed by atoms with Crippen LogP contribution in [0.5, 0.6) is 0 Å². The van der Waals surface area contributed by atoms with Gasteiger partial charge >= 0.3 is 0 Å². The van der Waals surface area contributed by atoms with Crippen LogP contribution in [0.4, 0.5) is 0 Å². The van der Waals surface area contributed by atoms with Gasteiger partial charge in [0.15, 0.2) is 0 Å². The van der Waals surface area contributed by atoms with Crippen molar-refractivity contribution in [2.24, 2.45) is 0 Å². The van der Waals surface area contributed by atoms with Gasteiger partial charge in [0.25, 0.3) is 5.91 Å². The number of methoxy groups -OCH3 is 1. The van der Waals surface area contributed by atoms with E-state index in [9.17, 15) is 4.79 Å². The third kappa shape index (κ3) is 2.73. The lowest BCUT2D eigenvalue weighted by atomic mass is 10.2. The highest BCUT2D eigenvalue weighted by Gasteiger charge is 2.25. The average Bonchev–Trinajstić information content (AvgIpc) is 2.84. The maximum Gasteiger partial charge on any atom is 0.270 e. The molecule has 1 fully saturated rings. The van der Waals surface area contributed by atoms with Crippen LogP contribution in [0.1, 0.15) is 17.4 Å². The van der Waals surface area contributed by atoms with Gasteiger partial charge in [0.05, 0.1) is 6.61 Å². The molecule has 1 amide bonds. The Labute approximate surface area is 108 Å². The fourth-order valence-electron chi connectivity index (χ4n) is 2.28. The van der Waals surface area contributed by atoms with E-state index >= 15 is 0 Å². The Morgan fingerprint density at radius 1 is 1.61 bits per heavy atom. The molecule has 0 unspecified atom stereocenters. The maximum atomic E-state index is 12.5. The Morgan fingerprint density at radius 3 is 3.17 bits per heavy atom. The molecule has 1 N–H and O–H groups in total. The van der Waals surface area contributed by atoms with E-state index in [1.165, 1.54) is 0 Å². The molecule has 100 valence electrons. The highest BCUT2D eigenvalue weighted by molar-refractivity contribution is 5.93. The number of amides is 1. The number of carbonyl (C=O) groups is 1. The van der Waals surface area contributed by atoms with Crippen molar-refractivity contribution in [3.8, 4) is 0 Å². The fourth-order valence-corrected chi connectivity index (χ4v) is 2.28. The zero-order chi connectivity index (χ0) is 13.0. The van der Waals surface area contributed by atoms with E-state index in [0.717, 1.165) is 25.3 Å². The van der Waals surface area contributed by atoms with Gasteiger partial charge < -0.3 is 19.5 Å². The summed E-state index contributed by atoms with van der Waals surface area (Å²) in [6.45, 7) is 5.92. The maximum absolute atomic E-state index is 12.5. The molecule has 1 atom stereocenters. The van der Waals surface area contributed by atoms with Gasteiger partial charge in [-0.2, -0.15) is 0 Å². The Morgan fingerprint density at radius 2 is 2.44 bits per heavy atom. The standard InChI is InChI=1S/C13H21N3O2/c1-11-10-14-5-7-16(11)13(17)12-4-3-6-15(12)8-9-18-2/h3-4,6,11,14H,5,7-10H2,1-2H3/t11-/m1/s1. The first kappa shape index (κ1) is 13.1. The molecule has 0 bridgehead atoms. The number of carbonyl (C=O) groups excluding carboxylic acids is 1. The van der Waals surface area contributed by atoms with E-state index in [1.807, 2.05) is 27.8 Å². The predicted octanol–water partition coefficient (Wildman–Crippen LogP) is 0.568. The number of hydrogen-bond donors (Lipinski definition) is 1. The molecule has 1 aromatic heterocycles. The van der Waals surface area contributed by atoms with Gasteiger partial charge in [0.1, 0.15) is 5.69 Å². The first-order valence-corrected chi connectivity index (χ1v) is 6.40. The van der Waals surface area contributed by atoms with Gasteiger partial charge in [0.2, 0.25) is 0 Å². The van der Waals surface area contributed by atoms with E-state index < -0.39 is 0 Å². The number of nitrogens with zero attached hydrogens (tertiary/aromatic N) is 2. The molecule has 1 aromatic rings. The van der Waals surface area contributed by atoms with Crippen molar-refractivity contribution in [3.05, 3.63) is 24.0 Å². The summed E-state index contributed by atoms with van der Waals surface area (Å²) < 4.78 is 7.02. The molecule has 0 saturated carbocycles. The number of ether oxygens (including phenoxy) is 1. The summed E-state index contributed by atoms with van der Waals surface area (Å²) in [7, 11) is 1.67. The third-order valence-electron chi connectivity index (χ3n) is 3.35. The predicted molar refractivity (Wildman–Crippen MR) is 69.7 cm³/mol. The molecular formula is C13H21N3O2. The van der Waals surface area contributed by atoms with Crippen molar-refractivity contribution in [3.63, 3.8) is 0 Å². The van der Waals surface area contributed by atoms with Crippen LogP contribution in [0, 0.1) is 0 Å². The summed E-state index contributed by atoms with van der Waals surface area (Å²) in [5.41, 5.74) is 0.751. The van der Waals surface area contributed by atoms with Crippen molar-refractivity contribution in [1.29, 1.82) is 0 Å². The molecule has 18 heavy (non-hydrogen) atoms. The van der Waals surface area contributed by atoms with Gasteiger partial charge in [-0.25, -0.2) is 0 Å². The first-order chi connectivity index (χ1) is 8.74. The molecule has 1 aliphatic heterocycles. The van der Waals surface area contributed by atoms with Crippen LogP contribution in [0.2, 0.25) is 0 Å². The van der Waals surface area contributed by atoms with Crippen molar-refractivity contribution in [2.75, 3.05) is 33.4 Å². The van der Waals surface area contributed by atoms with Crippen molar-refractivity contribution in [1.82, 2.24) is 14.8 Å². The number of hydrogen-bond acceptors (Lipinski definition) is 3. The summed E-state index contributed by atoms with van der Waals surface area (Å²) in [5.74, 6) is 0.116. The fraction of sp³-hybridized carbons (Fsp3) is 0.615. The number of aromatic nitrogens is 1. The largest absolute Gasteiger partial charge is 0.383 e. The molecule has 5 nitrogen and oxygen atoms in total. The molecule has 0 aliphatic carbocycles. The van der Waals surface area contributed by atoms with Crippen LogP contribution in [0.25, 0.3) is 0 Å². The lowest BCUT2D eigenvalue weighted by Gasteiger charge is -2.34. The van der Waals surface area contributed by atoms with E-state index in [2.05, 4.69) is 12.2 Å². The minimum Gasteiger partial charge on any atom is -0.383 e. The number of nitrogens with one attached hydrogen (secondary N) is 1.